The summed E-state index contributed by atoms with van der Waals surface area (Å²) in [6.07, 6.45) is 3.26. The first-order valence-electron chi connectivity index (χ1n) is 8.55. The van der Waals surface area contributed by atoms with Gasteiger partial charge in [0, 0.05) is 12.1 Å². The van der Waals surface area contributed by atoms with Crippen molar-refractivity contribution in [2.45, 2.75) is 45.2 Å². The van der Waals surface area contributed by atoms with Crippen LogP contribution >= 0.6 is 23.4 Å². The number of amidine groups is 1. The Morgan fingerprint density at radius 3 is 2.64 bits per heavy atom. The van der Waals surface area contributed by atoms with Crippen LogP contribution in [0.5, 0.6) is 0 Å². The second-order valence-corrected chi connectivity index (χ2v) is 7.85. The number of piperidine rings is 1. The lowest BCUT2D eigenvalue weighted by Crippen LogP contribution is -2.48. The van der Waals surface area contributed by atoms with Crippen LogP contribution in [0, 0.1) is 0 Å². The van der Waals surface area contributed by atoms with Crippen molar-refractivity contribution < 1.29 is 9.59 Å². The number of benzene rings is 1. The van der Waals surface area contributed by atoms with Crippen molar-refractivity contribution in [3.8, 4) is 0 Å². The molecule has 0 aliphatic carbocycles. The molecule has 2 aliphatic heterocycles. The van der Waals surface area contributed by atoms with Gasteiger partial charge in [-0.3, -0.25) is 19.5 Å². The number of carbonyl (C=O) groups is 2. The Balaban J connectivity index is 1.69. The van der Waals surface area contributed by atoms with Gasteiger partial charge >= 0.3 is 0 Å². The average Bonchev–Trinajstić information content (AvgIpc) is 2.94. The van der Waals surface area contributed by atoms with Crippen molar-refractivity contribution in [3.05, 3.63) is 29.3 Å². The molecule has 0 saturated carbocycles. The molecule has 0 unspecified atom stereocenters. The molecule has 1 aromatic rings. The number of thioether (sulfide) groups is 1. The summed E-state index contributed by atoms with van der Waals surface area (Å²) < 4.78 is 0. The molecule has 2 heterocycles. The summed E-state index contributed by atoms with van der Waals surface area (Å²) in [5, 5.41) is 1.04. The minimum Gasteiger partial charge on any atom is -0.337 e. The number of aliphatic imine (C=N–C) groups is 1. The monoisotopic (exact) mass is 379 g/mol. The van der Waals surface area contributed by atoms with Gasteiger partial charge in [-0.15, -0.1) is 0 Å². The second-order valence-electron chi connectivity index (χ2n) is 6.50. The van der Waals surface area contributed by atoms with Gasteiger partial charge in [0.15, 0.2) is 5.17 Å². The maximum absolute atomic E-state index is 12.7. The second kappa shape index (κ2) is 7.79. The molecule has 1 saturated heterocycles. The molecule has 0 spiro atoms. The standard InChI is InChI=1S/C18H22ClN3O2S/c1-12-6-5-7-13(2)21(12)17(24)11-25-18-20-10-16(23)22(18)15-9-4-3-8-14(15)19/h3-4,8-9,12-13H,5-7,10-11H2,1-2H3/t12-,13-/m1/s1. The van der Waals surface area contributed by atoms with E-state index < -0.39 is 0 Å². The molecular weight excluding hydrogens is 358 g/mol. The summed E-state index contributed by atoms with van der Waals surface area (Å²) in [6, 6.07) is 7.72. The van der Waals surface area contributed by atoms with E-state index in [0.29, 0.717) is 15.9 Å². The van der Waals surface area contributed by atoms with Crippen LogP contribution in [-0.4, -0.2) is 46.3 Å². The highest BCUT2D eigenvalue weighted by Gasteiger charge is 2.32. The maximum atomic E-state index is 12.7. The third-order valence-electron chi connectivity index (χ3n) is 4.69. The zero-order valence-electron chi connectivity index (χ0n) is 14.4. The smallest absolute Gasteiger partial charge is 0.254 e. The summed E-state index contributed by atoms with van der Waals surface area (Å²) >= 11 is 7.53. The van der Waals surface area contributed by atoms with E-state index in [-0.39, 0.29) is 36.2 Å². The quantitative estimate of drug-likeness (QED) is 0.806. The van der Waals surface area contributed by atoms with E-state index >= 15 is 0 Å². The Kier molecular flexibility index (Phi) is 5.69. The van der Waals surface area contributed by atoms with Crippen LogP contribution in [0.2, 0.25) is 5.02 Å². The lowest BCUT2D eigenvalue weighted by molar-refractivity contribution is -0.134. The van der Waals surface area contributed by atoms with Gasteiger partial charge in [0.1, 0.15) is 6.54 Å². The first-order chi connectivity index (χ1) is 12.0. The number of halogens is 1. The summed E-state index contributed by atoms with van der Waals surface area (Å²) in [7, 11) is 0. The number of rotatable bonds is 3. The third kappa shape index (κ3) is 3.85. The van der Waals surface area contributed by atoms with E-state index in [9.17, 15) is 9.59 Å². The van der Waals surface area contributed by atoms with E-state index in [4.69, 9.17) is 11.6 Å². The fourth-order valence-electron chi connectivity index (χ4n) is 3.48. The largest absolute Gasteiger partial charge is 0.337 e. The van der Waals surface area contributed by atoms with Crippen LogP contribution in [0.25, 0.3) is 0 Å². The molecule has 2 amide bonds. The summed E-state index contributed by atoms with van der Waals surface area (Å²) in [5.74, 6) is 0.260. The van der Waals surface area contributed by atoms with Crippen LogP contribution in [0.3, 0.4) is 0 Å². The van der Waals surface area contributed by atoms with Crippen LogP contribution in [0.15, 0.2) is 29.3 Å². The minimum atomic E-state index is -0.122. The number of nitrogens with zero attached hydrogens (tertiary/aromatic N) is 3. The van der Waals surface area contributed by atoms with Crippen molar-refractivity contribution in [1.29, 1.82) is 0 Å². The number of amides is 2. The highest BCUT2D eigenvalue weighted by molar-refractivity contribution is 8.14. The highest BCUT2D eigenvalue weighted by Crippen LogP contribution is 2.31. The highest BCUT2D eigenvalue weighted by atomic mass is 35.5. The Hall–Kier alpha value is -1.53. The Morgan fingerprint density at radius 2 is 1.96 bits per heavy atom. The Bertz CT molecular complexity index is 699. The van der Waals surface area contributed by atoms with E-state index in [1.54, 1.807) is 12.1 Å². The first kappa shape index (κ1) is 18.3. The molecule has 0 N–H and O–H groups in total. The van der Waals surface area contributed by atoms with Crippen LogP contribution in [0.4, 0.5) is 5.69 Å². The Morgan fingerprint density at radius 1 is 1.28 bits per heavy atom. The molecule has 7 heteroatoms. The van der Waals surface area contributed by atoms with Gasteiger partial charge in [-0.1, -0.05) is 35.5 Å². The van der Waals surface area contributed by atoms with Gasteiger partial charge in [0.2, 0.25) is 5.91 Å². The average molecular weight is 380 g/mol. The van der Waals surface area contributed by atoms with Gasteiger partial charge in [-0.25, -0.2) is 0 Å². The predicted octanol–water partition coefficient (Wildman–Crippen LogP) is 3.57. The number of likely N-dealkylation sites (tertiary alicyclic amines) is 1. The van der Waals surface area contributed by atoms with Crippen molar-refractivity contribution in [1.82, 2.24) is 4.90 Å². The molecule has 134 valence electrons. The fraction of sp³-hybridized carbons (Fsp3) is 0.500. The molecule has 5 nitrogen and oxygen atoms in total. The van der Waals surface area contributed by atoms with Gasteiger partial charge in [0.25, 0.3) is 5.91 Å². The molecule has 25 heavy (non-hydrogen) atoms. The van der Waals surface area contributed by atoms with Crippen molar-refractivity contribution in [2.75, 3.05) is 17.2 Å². The SMILES string of the molecule is C[C@@H]1CCC[C@@H](C)N1C(=O)CSC1=NCC(=O)N1c1ccccc1Cl. The molecule has 0 radical (unpaired) electrons. The van der Waals surface area contributed by atoms with E-state index in [2.05, 4.69) is 18.8 Å². The molecule has 2 atom stereocenters. The molecule has 3 rings (SSSR count). The third-order valence-corrected chi connectivity index (χ3v) is 5.97. The zero-order valence-corrected chi connectivity index (χ0v) is 16.0. The van der Waals surface area contributed by atoms with Gasteiger partial charge in [-0.05, 0) is 45.2 Å². The molecule has 0 aromatic heterocycles. The van der Waals surface area contributed by atoms with Gasteiger partial charge in [-0.2, -0.15) is 0 Å². The van der Waals surface area contributed by atoms with Gasteiger partial charge in [0.05, 0.1) is 16.5 Å². The summed E-state index contributed by atoms with van der Waals surface area (Å²) in [5.41, 5.74) is 0.616. The van der Waals surface area contributed by atoms with E-state index in [1.165, 1.54) is 23.1 Å². The number of para-hydroxylation sites is 1. The number of carbonyl (C=O) groups excluding carboxylic acids is 2. The van der Waals surface area contributed by atoms with Crippen LogP contribution < -0.4 is 4.90 Å². The molecule has 0 bridgehead atoms. The van der Waals surface area contributed by atoms with Crippen LogP contribution in [0.1, 0.15) is 33.1 Å². The zero-order chi connectivity index (χ0) is 18.0. The van der Waals surface area contributed by atoms with E-state index in [1.807, 2.05) is 17.0 Å². The van der Waals surface area contributed by atoms with Gasteiger partial charge < -0.3 is 4.90 Å². The Labute approximate surface area is 157 Å². The molecular formula is C18H22ClN3O2S. The molecule has 1 fully saturated rings. The lowest BCUT2D eigenvalue weighted by Gasteiger charge is -2.39. The fourth-order valence-corrected chi connectivity index (χ4v) is 4.58. The number of hydrogen-bond donors (Lipinski definition) is 0. The van der Waals surface area contributed by atoms with E-state index in [0.717, 1.165) is 12.8 Å². The normalized spacial score (nSPS) is 23.8. The number of hydrogen-bond acceptors (Lipinski definition) is 4. The van der Waals surface area contributed by atoms with Crippen molar-refractivity contribution in [2.24, 2.45) is 4.99 Å². The maximum Gasteiger partial charge on any atom is 0.254 e. The molecule has 2 aliphatic rings. The summed E-state index contributed by atoms with van der Waals surface area (Å²) in [6.45, 7) is 4.30. The lowest BCUT2D eigenvalue weighted by atomic mass is 9.98. The van der Waals surface area contributed by atoms with Crippen molar-refractivity contribution >= 4 is 46.0 Å². The minimum absolute atomic E-state index is 0.0955. The first-order valence-corrected chi connectivity index (χ1v) is 9.91. The topological polar surface area (TPSA) is 53.0 Å². The summed E-state index contributed by atoms with van der Waals surface area (Å²) in [4.78, 5) is 32.7. The van der Waals surface area contributed by atoms with Crippen molar-refractivity contribution in [3.63, 3.8) is 0 Å². The number of anilines is 1. The van der Waals surface area contributed by atoms with Crippen LogP contribution in [-0.2, 0) is 9.59 Å². The predicted molar refractivity (Wildman–Crippen MR) is 103 cm³/mol. The molecule has 1 aromatic carbocycles.